The molecule has 31 heavy (non-hydrogen) atoms. The molecular formula is C20H14F4N4O2S. The molecule has 0 amide bonds. The van der Waals surface area contributed by atoms with Gasteiger partial charge in [0.25, 0.3) is 0 Å². The minimum Gasteiger partial charge on any atom is -0.478 e. The molecule has 160 valence electrons. The van der Waals surface area contributed by atoms with Crippen LogP contribution < -0.4 is 9.80 Å². The third kappa shape index (κ3) is 3.37. The van der Waals surface area contributed by atoms with Gasteiger partial charge < -0.3 is 14.9 Å². The summed E-state index contributed by atoms with van der Waals surface area (Å²) < 4.78 is 54.4. The second kappa shape index (κ2) is 7.16. The number of alkyl halides is 3. The number of anilines is 2. The van der Waals surface area contributed by atoms with Crippen molar-refractivity contribution in [2.45, 2.75) is 31.0 Å². The van der Waals surface area contributed by atoms with Crippen LogP contribution in [0.2, 0.25) is 0 Å². The van der Waals surface area contributed by atoms with Crippen molar-refractivity contribution in [3.8, 4) is 6.07 Å². The normalized spacial score (nSPS) is 17.6. The van der Waals surface area contributed by atoms with E-state index in [2.05, 4.69) is 4.98 Å². The molecule has 11 heteroatoms. The van der Waals surface area contributed by atoms with Crippen molar-refractivity contribution in [2.24, 2.45) is 0 Å². The van der Waals surface area contributed by atoms with Crippen molar-refractivity contribution >= 4 is 34.7 Å². The first-order valence-corrected chi connectivity index (χ1v) is 9.60. The molecular weight excluding hydrogens is 436 g/mol. The van der Waals surface area contributed by atoms with E-state index in [1.807, 2.05) is 0 Å². The van der Waals surface area contributed by atoms with E-state index in [0.717, 1.165) is 30.8 Å². The number of halogens is 4. The molecule has 1 aromatic carbocycles. The molecule has 1 saturated heterocycles. The summed E-state index contributed by atoms with van der Waals surface area (Å²) in [6.45, 7) is 0.263. The Kier molecular flexibility index (Phi) is 4.85. The van der Waals surface area contributed by atoms with Crippen LogP contribution in [0.1, 0.15) is 40.9 Å². The van der Waals surface area contributed by atoms with Crippen molar-refractivity contribution in [3.05, 3.63) is 53.1 Å². The molecule has 1 saturated carbocycles. The maximum Gasteiger partial charge on any atom is 0.419 e. The van der Waals surface area contributed by atoms with Gasteiger partial charge in [-0.25, -0.2) is 14.2 Å². The number of hydrogen-bond donors (Lipinski definition) is 1. The average molecular weight is 450 g/mol. The van der Waals surface area contributed by atoms with Gasteiger partial charge in [0, 0.05) is 12.2 Å². The molecule has 0 unspecified atom stereocenters. The maximum absolute atomic E-state index is 14.3. The van der Waals surface area contributed by atoms with Crippen LogP contribution in [0, 0.1) is 17.1 Å². The van der Waals surface area contributed by atoms with Gasteiger partial charge in [-0.3, -0.25) is 0 Å². The number of benzene rings is 1. The molecule has 2 heterocycles. The van der Waals surface area contributed by atoms with Gasteiger partial charge in [-0.2, -0.15) is 18.4 Å². The van der Waals surface area contributed by atoms with Crippen LogP contribution in [0.3, 0.4) is 0 Å². The summed E-state index contributed by atoms with van der Waals surface area (Å²) in [5, 5.41) is 18.2. The van der Waals surface area contributed by atoms with Crippen molar-refractivity contribution in [2.75, 3.05) is 16.3 Å². The van der Waals surface area contributed by atoms with E-state index in [1.54, 1.807) is 4.90 Å². The number of hydrogen-bond acceptors (Lipinski definition) is 4. The Bertz CT molecular complexity index is 1140. The monoisotopic (exact) mass is 450 g/mol. The van der Waals surface area contributed by atoms with Crippen LogP contribution in [0.4, 0.5) is 28.9 Å². The lowest BCUT2D eigenvalue weighted by atomic mass is 9.76. The number of nitrogens with zero attached hydrogens (tertiary/aromatic N) is 4. The third-order valence-corrected chi connectivity index (χ3v) is 6.07. The molecule has 2 aliphatic rings. The number of pyridine rings is 1. The lowest BCUT2D eigenvalue weighted by Crippen LogP contribution is -2.52. The summed E-state index contributed by atoms with van der Waals surface area (Å²) in [5.74, 6) is -2.34. The smallest absolute Gasteiger partial charge is 0.419 e. The second-order valence-electron chi connectivity index (χ2n) is 7.45. The predicted octanol–water partition coefficient (Wildman–Crippen LogP) is 4.34. The molecule has 1 aliphatic carbocycles. The van der Waals surface area contributed by atoms with Crippen LogP contribution in [0.5, 0.6) is 0 Å². The Morgan fingerprint density at radius 2 is 1.97 bits per heavy atom. The molecule has 0 atom stereocenters. The van der Waals surface area contributed by atoms with E-state index >= 15 is 0 Å². The number of carbonyl (C=O) groups is 1. The van der Waals surface area contributed by atoms with Gasteiger partial charge in [-0.15, -0.1) is 0 Å². The van der Waals surface area contributed by atoms with Crippen LogP contribution >= 0.6 is 12.2 Å². The highest BCUT2D eigenvalue weighted by molar-refractivity contribution is 7.80. The van der Waals surface area contributed by atoms with Crippen LogP contribution in [0.15, 0.2) is 30.5 Å². The summed E-state index contributed by atoms with van der Waals surface area (Å²) in [5.41, 5.74) is -2.52. The third-order valence-electron chi connectivity index (χ3n) is 5.67. The molecule has 1 aliphatic heterocycles. The van der Waals surface area contributed by atoms with E-state index in [0.29, 0.717) is 18.5 Å². The van der Waals surface area contributed by atoms with Crippen molar-refractivity contribution in [1.82, 2.24) is 4.98 Å². The molecule has 0 bridgehead atoms. The first-order valence-electron chi connectivity index (χ1n) is 9.19. The number of nitriles is 1. The topological polar surface area (TPSA) is 80.5 Å². The van der Waals surface area contributed by atoms with Gasteiger partial charge in [0.1, 0.15) is 11.9 Å². The van der Waals surface area contributed by atoms with Crippen molar-refractivity contribution < 1.29 is 27.5 Å². The SMILES string of the molecule is N#Cc1ncc(N2CC3(CCC3)N(c3ccc(C(=O)O)c(F)c3)C2=S)cc1C(F)(F)F. The van der Waals surface area contributed by atoms with Gasteiger partial charge in [-0.1, -0.05) is 0 Å². The number of thiocarbonyl (C=S) groups is 1. The summed E-state index contributed by atoms with van der Waals surface area (Å²) >= 11 is 5.54. The molecule has 4 rings (SSSR count). The number of aromatic nitrogens is 1. The van der Waals surface area contributed by atoms with Crippen LogP contribution in [-0.2, 0) is 6.18 Å². The fraction of sp³-hybridized carbons (Fsp3) is 0.300. The zero-order valence-corrected chi connectivity index (χ0v) is 16.6. The Morgan fingerprint density at radius 1 is 1.26 bits per heavy atom. The molecule has 2 fully saturated rings. The summed E-state index contributed by atoms with van der Waals surface area (Å²) in [4.78, 5) is 17.9. The molecule has 1 N–H and O–H groups in total. The molecule has 6 nitrogen and oxygen atoms in total. The quantitative estimate of drug-likeness (QED) is 0.550. The average Bonchev–Trinajstić information content (AvgIpc) is 3.00. The minimum atomic E-state index is -4.76. The zero-order chi connectivity index (χ0) is 22.6. The van der Waals surface area contributed by atoms with Gasteiger partial charge >= 0.3 is 12.1 Å². The number of carboxylic acids is 1. The van der Waals surface area contributed by atoms with E-state index < -0.39 is 40.3 Å². The van der Waals surface area contributed by atoms with Gasteiger partial charge in [0.15, 0.2) is 10.8 Å². The van der Waals surface area contributed by atoms with E-state index in [1.165, 1.54) is 17.0 Å². The van der Waals surface area contributed by atoms with E-state index in [4.69, 9.17) is 22.6 Å². The largest absolute Gasteiger partial charge is 0.478 e. The highest BCUT2D eigenvalue weighted by Gasteiger charge is 2.52. The number of carboxylic acid groups (broad SMARTS) is 1. The lowest BCUT2D eigenvalue weighted by Gasteiger charge is -2.45. The summed E-state index contributed by atoms with van der Waals surface area (Å²) in [6, 6.07) is 5.91. The van der Waals surface area contributed by atoms with Crippen LogP contribution in [0.25, 0.3) is 0 Å². The highest BCUT2D eigenvalue weighted by Crippen LogP contribution is 2.47. The zero-order valence-electron chi connectivity index (χ0n) is 15.8. The fourth-order valence-corrected chi connectivity index (χ4v) is 4.50. The highest BCUT2D eigenvalue weighted by atomic mass is 32.1. The van der Waals surface area contributed by atoms with Gasteiger partial charge in [0.2, 0.25) is 0 Å². The first kappa shape index (κ1) is 21.0. The molecule has 1 aromatic heterocycles. The van der Waals surface area contributed by atoms with Gasteiger partial charge in [0.05, 0.1) is 28.6 Å². The maximum atomic E-state index is 14.3. The Balaban J connectivity index is 1.76. The lowest BCUT2D eigenvalue weighted by molar-refractivity contribution is -0.138. The fourth-order valence-electron chi connectivity index (χ4n) is 4.03. The molecule has 0 radical (unpaired) electrons. The van der Waals surface area contributed by atoms with Gasteiger partial charge in [-0.05, 0) is 55.7 Å². The molecule has 1 spiro atoms. The Labute approximate surface area is 179 Å². The molecule has 2 aromatic rings. The predicted molar refractivity (Wildman–Crippen MR) is 106 cm³/mol. The Morgan fingerprint density at radius 3 is 2.48 bits per heavy atom. The Hall–Kier alpha value is -3.26. The first-order chi connectivity index (χ1) is 14.6. The van der Waals surface area contributed by atoms with Crippen LogP contribution in [-0.4, -0.2) is 33.3 Å². The van der Waals surface area contributed by atoms with E-state index in [9.17, 15) is 22.4 Å². The van der Waals surface area contributed by atoms with Crippen molar-refractivity contribution in [3.63, 3.8) is 0 Å². The number of rotatable bonds is 3. The standard InChI is InChI=1S/C20H14F4N4O2S/c21-15-7-11(2-3-13(15)17(29)30)28-18(31)27(10-19(28)4-1-5-19)12-6-14(20(22,23)24)16(8-25)26-9-12/h2-3,6-7,9H,1,4-5,10H2,(H,29,30). The minimum absolute atomic E-state index is 0.0766. The van der Waals surface area contributed by atoms with Crippen molar-refractivity contribution in [1.29, 1.82) is 5.26 Å². The second-order valence-corrected chi connectivity index (χ2v) is 7.82. The number of aromatic carboxylic acids is 1. The van der Waals surface area contributed by atoms with E-state index in [-0.39, 0.29) is 17.3 Å². The summed E-state index contributed by atoms with van der Waals surface area (Å²) in [6.07, 6.45) is -1.38. The summed E-state index contributed by atoms with van der Waals surface area (Å²) in [7, 11) is 0.